The van der Waals surface area contributed by atoms with Crippen molar-refractivity contribution < 1.29 is 5.11 Å². The van der Waals surface area contributed by atoms with Gasteiger partial charge in [0, 0.05) is 17.7 Å². The lowest BCUT2D eigenvalue weighted by molar-refractivity contribution is 0.212. The van der Waals surface area contributed by atoms with Crippen molar-refractivity contribution >= 4 is 11.3 Å². The van der Waals surface area contributed by atoms with Crippen LogP contribution in [0.5, 0.6) is 0 Å². The monoisotopic (exact) mass is 183 g/mol. The minimum absolute atomic E-state index is 0.235. The molecule has 1 aromatic rings. The highest BCUT2D eigenvalue weighted by atomic mass is 32.1. The molecule has 2 rings (SSSR count). The van der Waals surface area contributed by atoms with Crippen LogP contribution in [-0.2, 0) is 6.42 Å². The van der Waals surface area contributed by atoms with E-state index in [1.165, 1.54) is 17.7 Å². The van der Waals surface area contributed by atoms with Crippen molar-refractivity contribution in [3.8, 4) is 0 Å². The van der Waals surface area contributed by atoms with Crippen molar-refractivity contribution in [1.29, 1.82) is 0 Å². The molecule has 12 heavy (non-hydrogen) atoms. The minimum atomic E-state index is 0.235. The van der Waals surface area contributed by atoms with Crippen LogP contribution >= 0.6 is 11.3 Å². The van der Waals surface area contributed by atoms with E-state index >= 15 is 0 Å². The SMILES string of the molecule is Cc1ncc(CC2(CO)CC2)s1. The summed E-state index contributed by atoms with van der Waals surface area (Å²) in [5.74, 6) is 0. The fraction of sp³-hybridized carbons (Fsp3) is 0.667. The van der Waals surface area contributed by atoms with Crippen LogP contribution in [0.1, 0.15) is 22.7 Å². The summed E-state index contributed by atoms with van der Waals surface area (Å²) in [6.07, 6.45) is 5.33. The van der Waals surface area contributed by atoms with E-state index in [0.29, 0.717) is 6.61 Å². The van der Waals surface area contributed by atoms with E-state index in [-0.39, 0.29) is 5.41 Å². The first-order chi connectivity index (χ1) is 5.74. The number of nitrogens with zero attached hydrogens (tertiary/aromatic N) is 1. The maximum atomic E-state index is 9.11. The Bertz CT molecular complexity index is 278. The number of aliphatic hydroxyl groups excluding tert-OH is 1. The molecule has 3 heteroatoms. The number of rotatable bonds is 3. The summed E-state index contributed by atoms with van der Waals surface area (Å²) in [6.45, 7) is 2.36. The van der Waals surface area contributed by atoms with Gasteiger partial charge in [0.1, 0.15) is 0 Å². The first kappa shape index (κ1) is 8.20. The van der Waals surface area contributed by atoms with E-state index in [1.54, 1.807) is 11.3 Å². The third-order valence-electron chi connectivity index (χ3n) is 2.51. The van der Waals surface area contributed by atoms with Crippen LogP contribution in [0.15, 0.2) is 6.20 Å². The molecular formula is C9H13NOS. The molecule has 66 valence electrons. The van der Waals surface area contributed by atoms with Crippen molar-refractivity contribution in [1.82, 2.24) is 4.98 Å². The topological polar surface area (TPSA) is 33.1 Å². The molecule has 1 aliphatic carbocycles. The van der Waals surface area contributed by atoms with Crippen molar-refractivity contribution in [3.63, 3.8) is 0 Å². The number of aromatic nitrogens is 1. The van der Waals surface area contributed by atoms with Gasteiger partial charge in [0.2, 0.25) is 0 Å². The molecule has 0 unspecified atom stereocenters. The van der Waals surface area contributed by atoms with Crippen LogP contribution in [0.25, 0.3) is 0 Å². The second-order valence-electron chi connectivity index (χ2n) is 3.68. The van der Waals surface area contributed by atoms with Crippen molar-refractivity contribution in [2.45, 2.75) is 26.2 Å². The first-order valence-corrected chi connectivity index (χ1v) is 5.08. The van der Waals surface area contributed by atoms with Crippen LogP contribution in [0, 0.1) is 12.3 Å². The number of hydrogen-bond acceptors (Lipinski definition) is 3. The molecular weight excluding hydrogens is 170 g/mol. The Morgan fingerprint density at radius 1 is 1.67 bits per heavy atom. The van der Waals surface area contributed by atoms with Gasteiger partial charge in [-0.15, -0.1) is 11.3 Å². The van der Waals surface area contributed by atoms with Crippen molar-refractivity contribution in [3.05, 3.63) is 16.1 Å². The molecule has 0 spiro atoms. The maximum absolute atomic E-state index is 9.11. The van der Waals surface area contributed by atoms with Gasteiger partial charge in [-0.2, -0.15) is 0 Å². The van der Waals surface area contributed by atoms with Crippen LogP contribution in [0.2, 0.25) is 0 Å². The first-order valence-electron chi connectivity index (χ1n) is 4.26. The molecule has 1 saturated carbocycles. The van der Waals surface area contributed by atoms with Crippen molar-refractivity contribution in [2.75, 3.05) is 6.61 Å². The van der Waals surface area contributed by atoms with Gasteiger partial charge in [-0.3, -0.25) is 0 Å². The van der Waals surface area contributed by atoms with Crippen LogP contribution in [0.3, 0.4) is 0 Å². The quantitative estimate of drug-likeness (QED) is 0.774. The molecule has 1 N–H and O–H groups in total. The molecule has 0 saturated heterocycles. The van der Waals surface area contributed by atoms with Crippen LogP contribution < -0.4 is 0 Å². The summed E-state index contributed by atoms with van der Waals surface area (Å²) in [5.41, 5.74) is 0.235. The summed E-state index contributed by atoms with van der Waals surface area (Å²) in [7, 11) is 0. The summed E-state index contributed by atoms with van der Waals surface area (Å²) < 4.78 is 0. The molecule has 2 nitrogen and oxygen atoms in total. The fourth-order valence-electron chi connectivity index (χ4n) is 1.42. The number of aliphatic hydroxyl groups is 1. The zero-order chi connectivity index (χ0) is 8.60. The maximum Gasteiger partial charge on any atom is 0.0896 e. The number of hydrogen-bond donors (Lipinski definition) is 1. The van der Waals surface area contributed by atoms with E-state index < -0.39 is 0 Å². The minimum Gasteiger partial charge on any atom is -0.396 e. The standard InChI is InChI=1S/C9H13NOS/c1-7-10-5-8(12-7)4-9(6-11)2-3-9/h5,11H,2-4,6H2,1H3. The summed E-state index contributed by atoms with van der Waals surface area (Å²) in [5, 5.41) is 10.2. The van der Waals surface area contributed by atoms with E-state index in [0.717, 1.165) is 11.4 Å². The molecule has 0 atom stereocenters. The zero-order valence-corrected chi connectivity index (χ0v) is 8.02. The molecule has 0 radical (unpaired) electrons. The molecule has 0 aromatic carbocycles. The lowest BCUT2D eigenvalue weighted by Gasteiger charge is -2.07. The molecule has 0 amide bonds. The molecule has 1 aromatic heterocycles. The lowest BCUT2D eigenvalue weighted by atomic mass is 10.0. The third kappa shape index (κ3) is 1.52. The largest absolute Gasteiger partial charge is 0.396 e. The van der Waals surface area contributed by atoms with Gasteiger partial charge < -0.3 is 5.11 Å². The van der Waals surface area contributed by atoms with Gasteiger partial charge in [0.05, 0.1) is 5.01 Å². The second-order valence-corrected chi connectivity index (χ2v) is 5.00. The van der Waals surface area contributed by atoms with E-state index in [4.69, 9.17) is 5.11 Å². The van der Waals surface area contributed by atoms with Crippen molar-refractivity contribution in [2.24, 2.45) is 5.41 Å². The van der Waals surface area contributed by atoms with E-state index in [2.05, 4.69) is 4.98 Å². The van der Waals surface area contributed by atoms with Gasteiger partial charge in [-0.1, -0.05) is 0 Å². The van der Waals surface area contributed by atoms with E-state index in [1.807, 2.05) is 13.1 Å². The Morgan fingerprint density at radius 2 is 2.42 bits per heavy atom. The molecule has 1 heterocycles. The summed E-state index contributed by atoms with van der Waals surface area (Å²) >= 11 is 1.75. The van der Waals surface area contributed by atoms with E-state index in [9.17, 15) is 0 Å². The highest BCUT2D eigenvalue weighted by molar-refractivity contribution is 7.11. The zero-order valence-electron chi connectivity index (χ0n) is 7.21. The lowest BCUT2D eigenvalue weighted by Crippen LogP contribution is -2.08. The normalized spacial score (nSPS) is 19.5. The number of aryl methyl sites for hydroxylation is 1. The Morgan fingerprint density at radius 3 is 2.83 bits per heavy atom. The highest BCUT2D eigenvalue weighted by Crippen LogP contribution is 2.48. The van der Waals surface area contributed by atoms with Crippen LogP contribution in [-0.4, -0.2) is 16.7 Å². The Hall–Kier alpha value is -0.410. The molecule has 0 bridgehead atoms. The average Bonchev–Trinajstić information content (AvgIpc) is 2.71. The highest BCUT2D eigenvalue weighted by Gasteiger charge is 2.42. The van der Waals surface area contributed by atoms with Gasteiger partial charge >= 0.3 is 0 Å². The van der Waals surface area contributed by atoms with Gasteiger partial charge in [0.15, 0.2) is 0 Å². The predicted octanol–water partition coefficient (Wildman–Crippen LogP) is 1.77. The summed E-state index contributed by atoms with van der Waals surface area (Å²) in [4.78, 5) is 5.52. The van der Waals surface area contributed by atoms with Gasteiger partial charge in [-0.05, 0) is 31.6 Å². The predicted molar refractivity (Wildman–Crippen MR) is 49.3 cm³/mol. The van der Waals surface area contributed by atoms with Gasteiger partial charge in [0.25, 0.3) is 0 Å². The fourth-order valence-corrected chi connectivity index (χ4v) is 2.39. The average molecular weight is 183 g/mol. The third-order valence-corrected chi connectivity index (χ3v) is 3.42. The molecule has 1 fully saturated rings. The molecule has 1 aliphatic rings. The smallest absolute Gasteiger partial charge is 0.0896 e. The van der Waals surface area contributed by atoms with Gasteiger partial charge in [-0.25, -0.2) is 4.98 Å². The summed E-state index contributed by atoms with van der Waals surface area (Å²) in [6, 6.07) is 0. The Kier molecular flexibility index (Phi) is 1.93. The van der Waals surface area contributed by atoms with Crippen LogP contribution in [0.4, 0.5) is 0 Å². The molecule has 0 aliphatic heterocycles. The Labute approximate surface area is 76.3 Å². The number of thiazole rings is 1. The Balaban J connectivity index is 2.04. The second kappa shape index (κ2) is 2.82.